The average Bonchev–Trinajstić information content (AvgIpc) is 2.45. The molecule has 6 heteroatoms. The predicted octanol–water partition coefficient (Wildman–Crippen LogP) is 1.55. The van der Waals surface area contributed by atoms with Crippen LogP contribution in [-0.2, 0) is 11.3 Å². The van der Waals surface area contributed by atoms with E-state index in [-0.39, 0.29) is 11.5 Å². The molecule has 0 saturated carbocycles. The van der Waals surface area contributed by atoms with E-state index in [2.05, 4.69) is 10.4 Å². The Bertz CT molecular complexity index is 694. The number of anilines is 2. The number of hydrogen-bond donors (Lipinski definition) is 2. The largest absolute Gasteiger partial charge is 0.397 e. The zero-order valence-electron chi connectivity index (χ0n) is 11.9. The number of nitrogen functional groups attached to an aromatic ring is 1. The van der Waals surface area contributed by atoms with E-state index in [9.17, 15) is 9.59 Å². The van der Waals surface area contributed by atoms with Crippen LogP contribution < -0.4 is 16.6 Å². The van der Waals surface area contributed by atoms with Crippen molar-refractivity contribution in [3.63, 3.8) is 0 Å². The number of hydrogen-bond acceptors (Lipinski definition) is 4. The molecule has 2 aromatic rings. The molecule has 0 unspecified atom stereocenters. The molecule has 3 N–H and O–H groups in total. The Hall–Kier alpha value is -2.63. The van der Waals surface area contributed by atoms with Gasteiger partial charge in [0, 0.05) is 19.0 Å². The molecule has 1 heterocycles. The molecule has 110 valence electrons. The van der Waals surface area contributed by atoms with E-state index in [0.717, 1.165) is 5.69 Å². The number of carbonyl (C=O) groups is 1. The SMILES string of the molecule is Cc1ccc(=O)n(CCCC(=O)Nc2ccccc2N)n1. The van der Waals surface area contributed by atoms with E-state index >= 15 is 0 Å². The Kier molecular flexibility index (Phi) is 4.71. The van der Waals surface area contributed by atoms with Crippen molar-refractivity contribution >= 4 is 17.3 Å². The second-order valence-electron chi connectivity index (χ2n) is 4.78. The summed E-state index contributed by atoms with van der Waals surface area (Å²) in [5.41, 5.74) is 7.51. The molecule has 21 heavy (non-hydrogen) atoms. The van der Waals surface area contributed by atoms with Gasteiger partial charge < -0.3 is 11.1 Å². The van der Waals surface area contributed by atoms with Gasteiger partial charge in [0.05, 0.1) is 17.1 Å². The highest BCUT2D eigenvalue weighted by Gasteiger charge is 2.05. The fraction of sp³-hybridized carbons (Fsp3) is 0.267. The first kappa shape index (κ1) is 14.8. The molecule has 0 spiro atoms. The number of nitrogens with two attached hydrogens (primary N) is 1. The van der Waals surface area contributed by atoms with Crippen molar-refractivity contribution in [3.8, 4) is 0 Å². The Morgan fingerprint density at radius 3 is 2.81 bits per heavy atom. The number of nitrogens with zero attached hydrogens (tertiary/aromatic N) is 2. The zero-order chi connectivity index (χ0) is 15.2. The van der Waals surface area contributed by atoms with Crippen molar-refractivity contribution in [2.45, 2.75) is 26.3 Å². The Morgan fingerprint density at radius 2 is 2.05 bits per heavy atom. The number of carbonyl (C=O) groups excluding carboxylic acids is 1. The summed E-state index contributed by atoms with van der Waals surface area (Å²) in [7, 11) is 0. The summed E-state index contributed by atoms with van der Waals surface area (Å²) in [4.78, 5) is 23.4. The highest BCUT2D eigenvalue weighted by Crippen LogP contribution is 2.16. The van der Waals surface area contributed by atoms with Gasteiger partial charge in [-0.1, -0.05) is 12.1 Å². The van der Waals surface area contributed by atoms with Crippen LogP contribution in [0.25, 0.3) is 0 Å². The van der Waals surface area contributed by atoms with Crippen molar-refractivity contribution in [3.05, 3.63) is 52.4 Å². The van der Waals surface area contributed by atoms with Crippen LogP contribution in [0.1, 0.15) is 18.5 Å². The van der Waals surface area contributed by atoms with Crippen LogP contribution in [-0.4, -0.2) is 15.7 Å². The van der Waals surface area contributed by atoms with Gasteiger partial charge in [-0.3, -0.25) is 9.59 Å². The topological polar surface area (TPSA) is 90.0 Å². The summed E-state index contributed by atoms with van der Waals surface area (Å²) in [5, 5.41) is 6.87. The molecular formula is C15H18N4O2. The maximum absolute atomic E-state index is 11.8. The lowest BCUT2D eigenvalue weighted by Gasteiger charge is -2.08. The van der Waals surface area contributed by atoms with E-state index in [0.29, 0.717) is 30.8 Å². The molecule has 0 saturated heterocycles. The highest BCUT2D eigenvalue weighted by molar-refractivity contribution is 5.93. The molecule has 0 aliphatic carbocycles. The minimum Gasteiger partial charge on any atom is -0.397 e. The minimum absolute atomic E-state index is 0.131. The number of para-hydroxylation sites is 2. The third-order valence-corrected chi connectivity index (χ3v) is 3.01. The van der Waals surface area contributed by atoms with E-state index < -0.39 is 0 Å². The molecule has 1 amide bonds. The van der Waals surface area contributed by atoms with Crippen LogP contribution >= 0.6 is 0 Å². The molecule has 2 rings (SSSR count). The van der Waals surface area contributed by atoms with Crippen molar-refractivity contribution < 1.29 is 4.79 Å². The number of aromatic nitrogens is 2. The predicted molar refractivity (Wildman–Crippen MR) is 82.0 cm³/mol. The lowest BCUT2D eigenvalue weighted by molar-refractivity contribution is -0.116. The molecule has 1 aromatic carbocycles. The van der Waals surface area contributed by atoms with Crippen molar-refractivity contribution in [2.24, 2.45) is 0 Å². The highest BCUT2D eigenvalue weighted by atomic mass is 16.1. The number of benzene rings is 1. The normalized spacial score (nSPS) is 10.3. The third kappa shape index (κ3) is 4.17. The maximum atomic E-state index is 11.8. The maximum Gasteiger partial charge on any atom is 0.266 e. The van der Waals surface area contributed by atoms with Gasteiger partial charge in [0.2, 0.25) is 5.91 Å². The third-order valence-electron chi connectivity index (χ3n) is 3.01. The van der Waals surface area contributed by atoms with Crippen LogP contribution in [0.4, 0.5) is 11.4 Å². The first-order chi connectivity index (χ1) is 10.1. The van der Waals surface area contributed by atoms with Crippen molar-refractivity contribution in [2.75, 3.05) is 11.1 Å². The summed E-state index contributed by atoms with van der Waals surface area (Å²) < 4.78 is 1.37. The molecule has 0 radical (unpaired) electrons. The minimum atomic E-state index is -0.159. The fourth-order valence-electron chi connectivity index (χ4n) is 1.92. The zero-order valence-corrected chi connectivity index (χ0v) is 11.9. The molecule has 0 bridgehead atoms. The van der Waals surface area contributed by atoms with Gasteiger partial charge in [0.1, 0.15) is 0 Å². The van der Waals surface area contributed by atoms with Crippen LogP contribution in [0.2, 0.25) is 0 Å². The smallest absolute Gasteiger partial charge is 0.266 e. The Morgan fingerprint density at radius 1 is 1.29 bits per heavy atom. The molecule has 0 fully saturated rings. The van der Waals surface area contributed by atoms with E-state index in [1.165, 1.54) is 10.7 Å². The first-order valence-electron chi connectivity index (χ1n) is 6.75. The second kappa shape index (κ2) is 6.69. The number of rotatable bonds is 5. The lowest BCUT2D eigenvalue weighted by Crippen LogP contribution is -2.23. The lowest BCUT2D eigenvalue weighted by atomic mass is 10.2. The molecular weight excluding hydrogens is 268 g/mol. The quantitative estimate of drug-likeness (QED) is 0.816. The number of aryl methyl sites for hydroxylation is 2. The molecule has 0 atom stereocenters. The number of nitrogens with one attached hydrogen (secondary N) is 1. The van der Waals surface area contributed by atoms with Gasteiger partial charge in [0.15, 0.2) is 0 Å². The number of amides is 1. The first-order valence-corrected chi connectivity index (χ1v) is 6.75. The van der Waals surface area contributed by atoms with E-state index in [1.807, 2.05) is 13.0 Å². The summed E-state index contributed by atoms with van der Waals surface area (Å²) in [6.07, 6.45) is 0.839. The van der Waals surface area contributed by atoms with Crippen molar-refractivity contribution in [1.29, 1.82) is 0 Å². The molecule has 0 aliphatic heterocycles. The molecule has 1 aromatic heterocycles. The average molecular weight is 286 g/mol. The van der Waals surface area contributed by atoms with Crippen LogP contribution in [0, 0.1) is 6.92 Å². The monoisotopic (exact) mass is 286 g/mol. The standard InChI is InChI=1S/C15H18N4O2/c1-11-8-9-15(21)19(18-11)10-4-7-14(20)17-13-6-3-2-5-12(13)16/h2-3,5-6,8-9H,4,7,10,16H2,1H3,(H,17,20). The van der Waals surface area contributed by atoms with Gasteiger partial charge in [0.25, 0.3) is 5.56 Å². The van der Waals surface area contributed by atoms with Crippen LogP contribution in [0.15, 0.2) is 41.2 Å². The second-order valence-corrected chi connectivity index (χ2v) is 4.78. The Balaban J connectivity index is 1.86. The van der Waals surface area contributed by atoms with E-state index in [1.54, 1.807) is 24.3 Å². The van der Waals surface area contributed by atoms with Gasteiger partial charge in [-0.2, -0.15) is 5.10 Å². The van der Waals surface area contributed by atoms with Crippen LogP contribution in [0.3, 0.4) is 0 Å². The van der Waals surface area contributed by atoms with Gasteiger partial charge in [-0.25, -0.2) is 4.68 Å². The summed E-state index contributed by atoms with van der Waals surface area (Å²) >= 11 is 0. The van der Waals surface area contributed by atoms with E-state index in [4.69, 9.17) is 5.73 Å². The fourth-order valence-corrected chi connectivity index (χ4v) is 1.92. The van der Waals surface area contributed by atoms with Gasteiger partial charge in [-0.15, -0.1) is 0 Å². The molecule has 0 aliphatic rings. The van der Waals surface area contributed by atoms with Crippen LogP contribution in [0.5, 0.6) is 0 Å². The summed E-state index contributed by atoms with van der Waals surface area (Å²) in [6, 6.07) is 10.2. The Labute approximate surface area is 122 Å². The summed E-state index contributed by atoms with van der Waals surface area (Å²) in [5.74, 6) is -0.131. The van der Waals surface area contributed by atoms with Gasteiger partial charge >= 0.3 is 0 Å². The summed E-state index contributed by atoms with van der Waals surface area (Å²) in [6.45, 7) is 2.24. The van der Waals surface area contributed by atoms with Crippen molar-refractivity contribution in [1.82, 2.24) is 9.78 Å². The molecule has 6 nitrogen and oxygen atoms in total. The van der Waals surface area contributed by atoms with Gasteiger partial charge in [-0.05, 0) is 31.5 Å².